The van der Waals surface area contributed by atoms with Gasteiger partial charge in [0.15, 0.2) is 11.6 Å². The van der Waals surface area contributed by atoms with Gasteiger partial charge in [-0.15, -0.1) is 0 Å². The molecule has 0 saturated carbocycles. The standard InChI is InChI=1S/C29H41N5O3/c1-8-22-28(36)33(6)23-18-30-26(31-27(23)34(22)29(2,3)4)17-21-10-9-20(16-25(21)37-7)24(35)15-19-11-13-32(5)14-12-19/h9-10,16,18-19,22H,8,11-15,17H2,1-7H3/t22-/m1/s1. The van der Waals surface area contributed by atoms with Crippen molar-refractivity contribution in [3.63, 3.8) is 0 Å². The summed E-state index contributed by atoms with van der Waals surface area (Å²) in [5.41, 5.74) is 2.05. The second kappa shape index (κ2) is 10.8. The predicted molar refractivity (Wildman–Crippen MR) is 147 cm³/mol. The molecular weight excluding hydrogens is 466 g/mol. The summed E-state index contributed by atoms with van der Waals surface area (Å²) in [5, 5.41) is 0. The van der Waals surface area contributed by atoms with Crippen molar-refractivity contribution in [2.24, 2.45) is 5.92 Å². The van der Waals surface area contributed by atoms with Crippen molar-refractivity contribution in [1.29, 1.82) is 0 Å². The molecule has 4 rings (SSSR count). The van der Waals surface area contributed by atoms with Crippen LogP contribution in [0.25, 0.3) is 0 Å². The number of fused-ring (bicyclic) bond motifs is 1. The number of methoxy groups -OCH3 is 1. The van der Waals surface area contributed by atoms with Crippen LogP contribution in [0.1, 0.15) is 75.1 Å². The van der Waals surface area contributed by atoms with Crippen molar-refractivity contribution in [2.75, 3.05) is 44.1 Å². The van der Waals surface area contributed by atoms with E-state index in [2.05, 4.69) is 42.6 Å². The van der Waals surface area contributed by atoms with Crippen LogP contribution in [0.5, 0.6) is 5.75 Å². The molecule has 2 aromatic rings. The number of anilines is 2. The van der Waals surface area contributed by atoms with E-state index < -0.39 is 0 Å². The summed E-state index contributed by atoms with van der Waals surface area (Å²) in [6.07, 6.45) is 5.62. The molecule has 0 N–H and O–H groups in total. The molecule has 1 amide bonds. The molecule has 0 radical (unpaired) electrons. The first-order valence-electron chi connectivity index (χ1n) is 13.3. The number of amides is 1. The van der Waals surface area contributed by atoms with Gasteiger partial charge in [0.1, 0.15) is 23.3 Å². The third-order valence-electron chi connectivity index (χ3n) is 7.70. The van der Waals surface area contributed by atoms with Gasteiger partial charge < -0.3 is 19.4 Å². The summed E-state index contributed by atoms with van der Waals surface area (Å²) in [5.74, 6) is 2.76. The number of aromatic nitrogens is 2. The smallest absolute Gasteiger partial charge is 0.249 e. The van der Waals surface area contributed by atoms with Gasteiger partial charge in [-0.3, -0.25) is 9.59 Å². The van der Waals surface area contributed by atoms with E-state index in [0.717, 1.165) is 43.0 Å². The van der Waals surface area contributed by atoms with Crippen LogP contribution in [0.15, 0.2) is 24.4 Å². The fraction of sp³-hybridized carbons (Fsp3) is 0.586. The summed E-state index contributed by atoms with van der Waals surface area (Å²) in [6, 6.07) is 5.43. The Kier molecular flexibility index (Phi) is 7.88. The third-order valence-corrected chi connectivity index (χ3v) is 7.70. The van der Waals surface area contributed by atoms with Gasteiger partial charge >= 0.3 is 0 Å². The molecule has 3 heterocycles. The predicted octanol–water partition coefficient (Wildman–Crippen LogP) is 4.35. The number of nitrogens with zero attached hydrogens (tertiary/aromatic N) is 5. The van der Waals surface area contributed by atoms with Gasteiger partial charge in [-0.1, -0.05) is 19.1 Å². The number of likely N-dealkylation sites (N-methyl/N-ethyl adjacent to an activating group) is 1. The summed E-state index contributed by atoms with van der Waals surface area (Å²) in [6.45, 7) is 10.4. The SMILES string of the molecule is CC[C@@H]1C(=O)N(C)c2cnc(Cc3ccc(C(=O)CC4CCN(C)CC4)cc3OC)nc2N1C(C)(C)C. The second-order valence-electron chi connectivity index (χ2n) is 11.4. The van der Waals surface area contributed by atoms with Crippen molar-refractivity contribution < 1.29 is 14.3 Å². The lowest BCUT2D eigenvalue weighted by molar-refractivity contribution is -0.120. The van der Waals surface area contributed by atoms with Crippen LogP contribution in [0.4, 0.5) is 11.5 Å². The van der Waals surface area contributed by atoms with E-state index in [9.17, 15) is 9.59 Å². The lowest BCUT2D eigenvalue weighted by atomic mass is 9.89. The van der Waals surface area contributed by atoms with Crippen molar-refractivity contribution in [3.8, 4) is 5.75 Å². The van der Waals surface area contributed by atoms with E-state index in [-0.39, 0.29) is 23.3 Å². The highest BCUT2D eigenvalue weighted by molar-refractivity contribution is 6.04. The largest absolute Gasteiger partial charge is 0.496 e. The molecule has 2 aliphatic rings. The molecule has 1 saturated heterocycles. The van der Waals surface area contributed by atoms with Crippen LogP contribution in [0.2, 0.25) is 0 Å². The van der Waals surface area contributed by atoms with Crippen LogP contribution >= 0.6 is 0 Å². The van der Waals surface area contributed by atoms with Crippen molar-refractivity contribution >= 4 is 23.2 Å². The topological polar surface area (TPSA) is 78.9 Å². The zero-order chi connectivity index (χ0) is 26.9. The normalized spacial score (nSPS) is 19.2. The van der Waals surface area contributed by atoms with Crippen molar-refractivity contribution in [3.05, 3.63) is 41.3 Å². The van der Waals surface area contributed by atoms with Crippen molar-refractivity contribution in [1.82, 2.24) is 14.9 Å². The van der Waals surface area contributed by atoms with E-state index in [0.29, 0.717) is 42.3 Å². The quantitative estimate of drug-likeness (QED) is 0.516. The Morgan fingerprint density at radius 3 is 2.49 bits per heavy atom. The molecule has 37 heavy (non-hydrogen) atoms. The Balaban J connectivity index is 1.58. The molecule has 0 spiro atoms. The fourth-order valence-electron chi connectivity index (χ4n) is 5.52. The molecule has 1 aromatic carbocycles. The Labute approximate surface area is 221 Å². The van der Waals surface area contributed by atoms with Crippen LogP contribution in [-0.4, -0.2) is 72.4 Å². The number of ketones is 1. The number of hydrogen-bond acceptors (Lipinski definition) is 7. The molecule has 8 heteroatoms. The molecule has 8 nitrogen and oxygen atoms in total. The van der Waals surface area contributed by atoms with Crippen LogP contribution in [0, 0.1) is 5.92 Å². The average Bonchev–Trinajstić information content (AvgIpc) is 2.86. The monoisotopic (exact) mass is 507 g/mol. The van der Waals surface area contributed by atoms with E-state index in [1.54, 1.807) is 25.3 Å². The highest BCUT2D eigenvalue weighted by atomic mass is 16.5. The maximum atomic E-state index is 13.0. The molecule has 2 aliphatic heterocycles. The van der Waals surface area contributed by atoms with Crippen LogP contribution in [-0.2, 0) is 11.2 Å². The molecule has 0 bridgehead atoms. The van der Waals surface area contributed by atoms with Gasteiger partial charge in [0.25, 0.3) is 0 Å². The number of piperidine rings is 1. The molecular formula is C29H41N5O3. The van der Waals surface area contributed by atoms with E-state index in [4.69, 9.17) is 9.72 Å². The zero-order valence-electron chi connectivity index (χ0n) is 23.4. The minimum Gasteiger partial charge on any atom is -0.496 e. The molecule has 1 aromatic heterocycles. The fourth-order valence-corrected chi connectivity index (χ4v) is 5.52. The van der Waals surface area contributed by atoms with Gasteiger partial charge in [0, 0.05) is 36.6 Å². The molecule has 1 atom stereocenters. The van der Waals surface area contributed by atoms with E-state index in [1.165, 1.54) is 0 Å². The number of rotatable bonds is 7. The number of likely N-dealkylation sites (tertiary alicyclic amines) is 1. The van der Waals surface area contributed by atoms with Gasteiger partial charge in [-0.05, 0) is 72.2 Å². The Morgan fingerprint density at radius 2 is 1.86 bits per heavy atom. The van der Waals surface area contributed by atoms with Crippen LogP contribution in [0.3, 0.4) is 0 Å². The van der Waals surface area contributed by atoms with Gasteiger partial charge in [0.05, 0.1) is 13.3 Å². The Morgan fingerprint density at radius 1 is 1.16 bits per heavy atom. The first kappa shape index (κ1) is 27.0. The van der Waals surface area contributed by atoms with Crippen molar-refractivity contribution in [2.45, 2.75) is 71.4 Å². The highest BCUT2D eigenvalue weighted by Crippen LogP contribution is 2.39. The minimum atomic E-state index is -0.286. The van der Waals surface area contributed by atoms with E-state index in [1.807, 2.05) is 25.1 Å². The minimum absolute atomic E-state index is 0.0587. The summed E-state index contributed by atoms with van der Waals surface area (Å²) < 4.78 is 5.69. The molecule has 1 fully saturated rings. The van der Waals surface area contributed by atoms with Gasteiger partial charge in [-0.25, -0.2) is 9.97 Å². The number of Topliss-reactive ketones (excluding diaryl/α,β-unsaturated/α-hetero) is 1. The third kappa shape index (κ3) is 5.64. The van der Waals surface area contributed by atoms with Gasteiger partial charge in [-0.2, -0.15) is 0 Å². The second-order valence-corrected chi connectivity index (χ2v) is 11.4. The summed E-state index contributed by atoms with van der Waals surface area (Å²) in [7, 11) is 5.55. The number of carbonyl (C=O) groups is 2. The van der Waals surface area contributed by atoms with Gasteiger partial charge in [0.2, 0.25) is 5.91 Å². The first-order valence-corrected chi connectivity index (χ1v) is 13.3. The maximum Gasteiger partial charge on any atom is 0.249 e. The average molecular weight is 508 g/mol. The molecule has 200 valence electrons. The van der Waals surface area contributed by atoms with Crippen LogP contribution < -0.4 is 14.5 Å². The number of carbonyl (C=O) groups excluding carboxylic acids is 2. The number of hydrogen-bond donors (Lipinski definition) is 0. The number of ether oxygens (including phenoxy) is 1. The highest BCUT2D eigenvalue weighted by Gasteiger charge is 2.42. The zero-order valence-corrected chi connectivity index (χ0v) is 23.4. The summed E-state index contributed by atoms with van der Waals surface area (Å²) >= 11 is 0. The first-order chi connectivity index (χ1) is 17.5. The summed E-state index contributed by atoms with van der Waals surface area (Å²) in [4.78, 5) is 41.7. The lowest BCUT2D eigenvalue weighted by Crippen LogP contribution is -2.59. The lowest BCUT2D eigenvalue weighted by Gasteiger charge is -2.47. The number of benzene rings is 1. The Bertz CT molecular complexity index is 1150. The maximum absolute atomic E-state index is 13.0. The molecule has 0 aliphatic carbocycles. The molecule has 0 unspecified atom stereocenters. The van der Waals surface area contributed by atoms with E-state index >= 15 is 0 Å². The Hall–Kier alpha value is -3.00.